The zero-order chi connectivity index (χ0) is 17.6. The molecule has 128 valence electrons. The van der Waals surface area contributed by atoms with Crippen LogP contribution in [0.4, 0.5) is 0 Å². The molecule has 5 nitrogen and oxygen atoms in total. The van der Waals surface area contributed by atoms with Gasteiger partial charge in [-0.1, -0.05) is 34.4 Å². The van der Waals surface area contributed by atoms with Gasteiger partial charge in [0.25, 0.3) is 5.56 Å². The lowest BCUT2D eigenvalue weighted by Crippen LogP contribution is -2.17. The van der Waals surface area contributed by atoms with Crippen LogP contribution in [-0.2, 0) is 10.7 Å². The molecular weight excluding hydrogens is 356 g/mol. The third-order valence-electron chi connectivity index (χ3n) is 4.27. The highest BCUT2D eigenvalue weighted by atomic mass is 35.5. The van der Waals surface area contributed by atoms with Crippen molar-refractivity contribution in [2.45, 2.75) is 29.9 Å². The molecule has 0 saturated heterocycles. The standard InChI is InChI=1S/C18H17ClN4OS/c1-11-17(12-2-4-13(19)5-3-12)18(24)23(22-11)16-9-8-15(10-21-16)25(20)14-6-7-14/h2-5,8-10,14,20,22H,6-7H2,1H3. The van der Waals surface area contributed by atoms with Crippen molar-refractivity contribution in [3.63, 3.8) is 0 Å². The molecule has 2 heterocycles. The van der Waals surface area contributed by atoms with Gasteiger partial charge in [-0.05, 0) is 49.6 Å². The average molecular weight is 373 g/mol. The monoisotopic (exact) mass is 372 g/mol. The fourth-order valence-corrected chi connectivity index (χ4v) is 4.29. The Morgan fingerprint density at radius 3 is 2.56 bits per heavy atom. The molecule has 7 heteroatoms. The second-order valence-corrected chi connectivity index (χ2v) is 8.40. The first-order chi connectivity index (χ1) is 12.0. The quantitative estimate of drug-likeness (QED) is 0.723. The summed E-state index contributed by atoms with van der Waals surface area (Å²) in [7, 11) is -0.498. The van der Waals surface area contributed by atoms with Gasteiger partial charge in [-0.15, -0.1) is 0 Å². The molecule has 1 atom stereocenters. The minimum Gasteiger partial charge on any atom is -0.293 e. The van der Waals surface area contributed by atoms with Crippen molar-refractivity contribution in [2.24, 2.45) is 0 Å². The third kappa shape index (κ3) is 3.07. The van der Waals surface area contributed by atoms with E-state index < -0.39 is 10.7 Å². The number of pyridine rings is 1. The van der Waals surface area contributed by atoms with Crippen LogP contribution in [0.5, 0.6) is 0 Å². The first-order valence-electron chi connectivity index (χ1n) is 8.03. The highest BCUT2D eigenvalue weighted by Gasteiger charge is 2.26. The molecule has 4 rings (SSSR count). The smallest absolute Gasteiger partial charge is 0.280 e. The molecule has 0 spiro atoms. The Morgan fingerprint density at radius 1 is 1.24 bits per heavy atom. The molecule has 2 N–H and O–H groups in total. The number of H-pyrrole nitrogens is 1. The molecule has 25 heavy (non-hydrogen) atoms. The summed E-state index contributed by atoms with van der Waals surface area (Å²) in [5.41, 5.74) is 2.06. The summed E-state index contributed by atoms with van der Waals surface area (Å²) in [6.45, 7) is 1.87. The summed E-state index contributed by atoms with van der Waals surface area (Å²) in [6.07, 6.45) is 3.98. The number of aryl methyl sites for hydroxylation is 1. The predicted molar refractivity (Wildman–Crippen MR) is 101 cm³/mol. The van der Waals surface area contributed by atoms with Gasteiger partial charge in [0.2, 0.25) is 0 Å². The number of hydrogen-bond acceptors (Lipinski definition) is 3. The Kier molecular flexibility index (Phi) is 4.09. The van der Waals surface area contributed by atoms with E-state index in [0.29, 0.717) is 21.7 Å². The van der Waals surface area contributed by atoms with Crippen LogP contribution < -0.4 is 5.56 Å². The van der Waals surface area contributed by atoms with Crippen molar-refractivity contribution in [3.8, 4) is 16.9 Å². The minimum absolute atomic E-state index is 0.146. The Morgan fingerprint density at radius 2 is 1.96 bits per heavy atom. The van der Waals surface area contributed by atoms with Crippen LogP contribution in [0.2, 0.25) is 5.02 Å². The molecule has 1 saturated carbocycles. The van der Waals surface area contributed by atoms with Crippen molar-refractivity contribution >= 4 is 22.3 Å². The Bertz CT molecular complexity index is 1000. The highest BCUT2D eigenvalue weighted by Crippen LogP contribution is 2.30. The first-order valence-corrected chi connectivity index (χ1v) is 9.69. The van der Waals surface area contributed by atoms with Crippen molar-refractivity contribution in [2.75, 3.05) is 0 Å². The van der Waals surface area contributed by atoms with Crippen LogP contribution in [-0.4, -0.2) is 20.0 Å². The van der Waals surface area contributed by atoms with E-state index in [0.717, 1.165) is 29.0 Å². The van der Waals surface area contributed by atoms with Crippen molar-refractivity contribution < 1.29 is 0 Å². The molecule has 1 unspecified atom stereocenters. The molecule has 1 aliphatic carbocycles. The molecule has 0 amide bonds. The van der Waals surface area contributed by atoms with Gasteiger partial charge in [0.15, 0.2) is 5.82 Å². The molecular formula is C18H17ClN4OS. The number of benzene rings is 1. The van der Waals surface area contributed by atoms with Gasteiger partial charge in [-0.25, -0.2) is 9.67 Å². The maximum Gasteiger partial charge on any atom is 0.280 e. The molecule has 2 aromatic heterocycles. The van der Waals surface area contributed by atoms with Crippen LogP contribution in [0.15, 0.2) is 52.3 Å². The van der Waals surface area contributed by atoms with E-state index in [1.807, 2.05) is 25.1 Å². The van der Waals surface area contributed by atoms with Gasteiger partial charge < -0.3 is 0 Å². The molecule has 0 bridgehead atoms. The lowest BCUT2D eigenvalue weighted by atomic mass is 10.1. The van der Waals surface area contributed by atoms with Crippen molar-refractivity contribution in [1.29, 1.82) is 4.78 Å². The number of nitrogens with one attached hydrogen (secondary N) is 2. The summed E-state index contributed by atoms with van der Waals surface area (Å²) in [5.74, 6) is 0.532. The SMILES string of the molecule is Cc1[nH]n(-c2ccc(S(=N)C3CC3)cn2)c(=O)c1-c1ccc(Cl)cc1. The fourth-order valence-electron chi connectivity index (χ4n) is 2.80. The van der Waals surface area contributed by atoms with Gasteiger partial charge >= 0.3 is 0 Å². The second-order valence-electron chi connectivity index (χ2n) is 6.15. The van der Waals surface area contributed by atoms with E-state index >= 15 is 0 Å². The molecule has 1 aliphatic rings. The van der Waals surface area contributed by atoms with Crippen molar-refractivity contribution in [1.82, 2.24) is 14.8 Å². The van der Waals surface area contributed by atoms with E-state index in [2.05, 4.69) is 10.1 Å². The number of aromatic nitrogens is 3. The number of rotatable bonds is 4. The molecule has 1 fully saturated rings. The van der Waals surface area contributed by atoms with Gasteiger partial charge in [0.1, 0.15) is 0 Å². The Labute approximate surface area is 152 Å². The molecule has 0 radical (unpaired) electrons. The molecule has 0 aliphatic heterocycles. The third-order valence-corrected chi connectivity index (χ3v) is 6.41. The zero-order valence-corrected chi connectivity index (χ0v) is 15.2. The number of halogens is 1. The van der Waals surface area contributed by atoms with Crippen LogP contribution >= 0.6 is 11.6 Å². The summed E-state index contributed by atoms with van der Waals surface area (Å²) in [6, 6.07) is 10.9. The van der Waals surface area contributed by atoms with E-state index in [-0.39, 0.29) is 5.56 Å². The second kappa shape index (κ2) is 6.28. The average Bonchev–Trinajstić information content (AvgIpc) is 3.42. The van der Waals surface area contributed by atoms with E-state index in [1.54, 1.807) is 24.4 Å². The highest BCUT2D eigenvalue weighted by molar-refractivity contribution is 7.87. The fraction of sp³-hybridized carbons (Fsp3) is 0.222. The number of aromatic amines is 1. The predicted octanol–water partition coefficient (Wildman–Crippen LogP) is 4.09. The Hall–Kier alpha value is -2.18. The lowest BCUT2D eigenvalue weighted by molar-refractivity contribution is 0.804. The zero-order valence-electron chi connectivity index (χ0n) is 13.6. The van der Waals surface area contributed by atoms with E-state index in [1.165, 1.54) is 4.68 Å². The summed E-state index contributed by atoms with van der Waals surface area (Å²) < 4.78 is 9.66. The topological polar surface area (TPSA) is 74.5 Å². The van der Waals surface area contributed by atoms with Crippen LogP contribution in [0.3, 0.4) is 0 Å². The molecule has 1 aromatic carbocycles. The van der Waals surface area contributed by atoms with E-state index in [4.69, 9.17) is 16.4 Å². The van der Waals surface area contributed by atoms with Gasteiger partial charge in [0.05, 0.1) is 5.56 Å². The van der Waals surface area contributed by atoms with Gasteiger partial charge in [-0.3, -0.25) is 14.7 Å². The van der Waals surface area contributed by atoms with Crippen LogP contribution in [0.1, 0.15) is 18.5 Å². The summed E-state index contributed by atoms with van der Waals surface area (Å²) in [4.78, 5) is 18.2. The van der Waals surface area contributed by atoms with Crippen molar-refractivity contribution in [3.05, 3.63) is 63.7 Å². The normalized spacial score (nSPS) is 15.3. The Balaban J connectivity index is 1.71. The van der Waals surface area contributed by atoms with E-state index in [9.17, 15) is 4.79 Å². The maximum absolute atomic E-state index is 12.8. The van der Waals surface area contributed by atoms with Crippen LogP contribution in [0.25, 0.3) is 16.9 Å². The largest absolute Gasteiger partial charge is 0.293 e. The lowest BCUT2D eigenvalue weighted by Gasteiger charge is -2.05. The van der Waals surface area contributed by atoms with Crippen LogP contribution in [0, 0.1) is 11.7 Å². The van der Waals surface area contributed by atoms with Gasteiger partial charge in [-0.2, -0.15) is 0 Å². The molecule has 3 aromatic rings. The summed E-state index contributed by atoms with van der Waals surface area (Å²) >= 11 is 5.93. The summed E-state index contributed by atoms with van der Waals surface area (Å²) in [5, 5.41) is 4.21. The minimum atomic E-state index is -0.498. The number of nitrogens with zero attached hydrogens (tertiary/aromatic N) is 2. The van der Waals surface area contributed by atoms with Gasteiger partial charge in [0, 0.05) is 27.1 Å². The first kappa shape index (κ1) is 16.3. The number of hydrogen-bond donors (Lipinski definition) is 2. The maximum atomic E-state index is 12.8.